The lowest BCUT2D eigenvalue weighted by atomic mass is 10.1. The van der Waals surface area contributed by atoms with Crippen LogP contribution in [0.5, 0.6) is 0 Å². The van der Waals surface area contributed by atoms with Crippen molar-refractivity contribution < 1.29 is 19.4 Å². The summed E-state index contributed by atoms with van der Waals surface area (Å²) in [6.45, 7) is 2.42. The average molecular weight is 318 g/mol. The van der Waals surface area contributed by atoms with Crippen LogP contribution in [0.4, 0.5) is 0 Å². The number of hydrogen-bond acceptors (Lipinski definition) is 3. The molecule has 2 rings (SSSR count). The van der Waals surface area contributed by atoms with E-state index >= 15 is 0 Å². The number of aliphatic carboxylic acids is 1. The molecular weight excluding hydrogens is 296 g/mol. The molecule has 23 heavy (non-hydrogen) atoms. The topological polar surface area (TPSA) is 91.4 Å². The molecule has 0 saturated carbocycles. The Kier molecular flexibility index (Phi) is 6.17. The third kappa shape index (κ3) is 4.82. The van der Waals surface area contributed by atoms with Crippen LogP contribution in [0.3, 0.4) is 0 Å². The SMILES string of the molecule is CCCCOCC(=O)NC(Cc1c[nH]c2ccccc12)C(=O)O. The van der Waals surface area contributed by atoms with Crippen molar-refractivity contribution in [3.05, 3.63) is 36.0 Å². The molecule has 0 spiro atoms. The van der Waals surface area contributed by atoms with Crippen LogP contribution >= 0.6 is 0 Å². The van der Waals surface area contributed by atoms with Gasteiger partial charge in [0.15, 0.2) is 0 Å². The minimum absolute atomic E-state index is 0.113. The van der Waals surface area contributed by atoms with Crippen LogP contribution in [0, 0.1) is 0 Å². The Morgan fingerprint density at radius 2 is 2.13 bits per heavy atom. The third-order valence-corrected chi connectivity index (χ3v) is 3.61. The fourth-order valence-corrected chi connectivity index (χ4v) is 2.37. The molecule has 124 valence electrons. The van der Waals surface area contributed by atoms with Gasteiger partial charge in [-0.2, -0.15) is 0 Å². The lowest BCUT2D eigenvalue weighted by Gasteiger charge is -2.14. The first-order chi connectivity index (χ1) is 11.1. The number of aromatic nitrogens is 1. The quantitative estimate of drug-likeness (QED) is 0.617. The van der Waals surface area contributed by atoms with Gasteiger partial charge in [0.2, 0.25) is 5.91 Å². The second-order valence-electron chi connectivity index (χ2n) is 5.43. The van der Waals surface area contributed by atoms with E-state index in [4.69, 9.17) is 4.74 Å². The van der Waals surface area contributed by atoms with Crippen molar-refractivity contribution in [2.45, 2.75) is 32.2 Å². The van der Waals surface area contributed by atoms with Crippen molar-refractivity contribution in [3.63, 3.8) is 0 Å². The molecule has 1 amide bonds. The normalized spacial score (nSPS) is 12.2. The lowest BCUT2D eigenvalue weighted by molar-refractivity contribution is -0.142. The molecule has 0 fully saturated rings. The minimum atomic E-state index is -1.06. The van der Waals surface area contributed by atoms with Gasteiger partial charge < -0.3 is 20.1 Å². The Morgan fingerprint density at radius 3 is 2.87 bits per heavy atom. The number of para-hydroxylation sites is 1. The smallest absolute Gasteiger partial charge is 0.326 e. The van der Waals surface area contributed by atoms with Gasteiger partial charge in [0.05, 0.1) is 0 Å². The van der Waals surface area contributed by atoms with Crippen LogP contribution in [0.1, 0.15) is 25.3 Å². The minimum Gasteiger partial charge on any atom is -0.480 e. The molecule has 0 aliphatic carbocycles. The number of carboxylic acids is 1. The Morgan fingerprint density at radius 1 is 1.35 bits per heavy atom. The Hall–Kier alpha value is -2.34. The van der Waals surface area contributed by atoms with Crippen molar-refractivity contribution in [2.24, 2.45) is 0 Å². The van der Waals surface area contributed by atoms with Crippen LogP contribution in [0.15, 0.2) is 30.5 Å². The highest BCUT2D eigenvalue weighted by molar-refractivity contribution is 5.87. The Bertz CT molecular complexity index is 665. The fourth-order valence-electron chi connectivity index (χ4n) is 2.37. The molecule has 0 aliphatic rings. The van der Waals surface area contributed by atoms with E-state index < -0.39 is 17.9 Å². The van der Waals surface area contributed by atoms with E-state index in [9.17, 15) is 14.7 Å². The molecule has 1 aromatic carbocycles. The number of hydrogen-bond donors (Lipinski definition) is 3. The molecule has 1 aromatic heterocycles. The van der Waals surface area contributed by atoms with Crippen LogP contribution < -0.4 is 5.32 Å². The summed E-state index contributed by atoms with van der Waals surface area (Å²) in [6, 6.07) is 6.68. The summed E-state index contributed by atoms with van der Waals surface area (Å²) >= 11 is 0. The largest absolute Gasteiger partial charge is 0.480 e. The molecular formula is C17H22N2O4. The predicted octanol–water partition coefficient (Wildman–Crippen LogP) is 2.10. The summed E-state index contributed by atoms with van der Waals surface area (Å²) in [6.07, 6.45) is 3.87. The fraction of sp³-hybridized carbons (Fsp3) is 0.412. The molecule has 1 unspecified atom stereocenters. The van der Waals surface area contributed by atoms with E-state index in [0.717, 1.165) is 29.3 Å². The van der Waals surface area contributed by atoms with E-state index in [1.165, 1.54) is 0 Å². The molecule has 0 saturated heterocycles. The molecule has 0 bridgehead atoms. The Balaban J connectivity index is 1.96. The van der Waals surface area contributed by atoms with Gasteiger partial charge in [-0.15, -0.1) is 0 Å². The van der Waals surface area contributed by atoms with Gasteiger partial charge in [-0.25, -0.2) is 4.79 Å². The average Bonchev–Trinajstić information content (AvgIpc) is 2.94. The molecule has 1 atom stereocenters. The van der Waals surface area contributed by atoms with E-state index in [1.54, 1.807) is 6.20 Å². The first kappa shape index (κ1) is 17.0. The van der Waals surface area contributed by atoms with Crippen molar-refractivity contribution in [1.82, 2.24) is 10.3 Å². The second kappa shape index (κ2) is 8.33. The van der Waals surface area contributed by atoms with E-state index in [1.807, 2.05) is 31.2 Å². The first-order valence-electron chi connectivity index (χ1n) is 7.76. The van der Waals surface area contributed by atoms with Crippen LogP contribution in [0.2, 0.25) is 0 Å². The molecule has 6 nitrogen and oxygen atoms in total. The summed E-state index contributed by atoms with van der Waals surface area (Å²) < 4.78 is 5.21. The maximum atomic E-state index is 11.8. The maximum Gasteiger partial charge on any atom is 0.326 e. The van der Waals surface area contributed by atoms with Crippen LogP contribution in [-0.2, 0) is 20.7 Å². The number of carbonyl (C=O) groups is 2. The number of fused-ring (bicyclic) bond motifs is 1. The van der Waals surface area contributed by atoms with Gasteiger partial charge in [0, 0.05) is 30.1 Å². The first-order valence-corrected chi connectivity index (χ1v) is 7.76. The van der Waals surface area contributed by atoms with Gasteiger partial charge in [-0.05, 0) is 18.1 Å². The van der Waals surface area contributed by atoms with E-state index in [2.05, 4.69) is 10.3 Å². The molecule has 0 radical (unpaired) electrons. The number of benzene rings is 1. The lowest BCUT2D eigenvalue weighted by Crippen LogP contribution is -2.43. The zero-order valence-electron chi connectivity index (χ0n) is 13.2. The highest BCUT2D eigenvalue weighted by atomic mass is 16.5. The van der Waals surface area contributed by atoms with Gasteiger partial charge in [-0.1, -0.05) is 31.5 Å². The van der Waals surface area contributed by atoms with Gasteiger partial charge >= 0.3 is 5.97 Å². The van der Waals surface area contributed by atoms with Crippen molar-refractivity contribution >= 4 is 22.8 Å². The summed E-state index contributed by atoms with van der Waals surface area (Å²) in [5.74, 6) is -1.47. The number of carboxylic acid groups (broad SMARTS) is 1. The molecule has 2 aromatic rings. The monoisotopic (exact) mass is 318 g/mol. The van der Waals surface area contributed by atoms with E-state index in [-0.39, 0.29) is 13.0 Å². The number of H-pyrrole nitrogens is 1. The zero-order chi connectivity index (χ0) is 16.7. The highest BCUT2D eigenvalue weighted by Gasteiger charge is 2.21. The molecule has 3 N–H and O–H groups in total. The van der Waals surface area contributed by atoms with Crippen LogP contribution in [-0.4, -0.2) is 41.2 Å². The standard InChI is InChI=1S/C17H22N2O4/c1-2-3-8-23-11-16(20)19-15(17(21)22)9-12-10-18-14-7-5-4-6-13(12)14/h4-7,10,15,18H,2-3,8-9,11H2,1H3,(H,19,20)(H,21,22). The summed E-state index contributed by atoms with van der Waals surface area (Å²) in [5.41, 5.74) is 1.81. The number of carbonyl (C=O) groups excluding carboxylic acids is 1. The van der Waals surface area contributed by atoms with Gasteiger partial charge in [-0.3, -0.25) is 4.79 Å². The second-order valence-corrected chi connectivity index (χ2v) is 5.43. The van der Waals surface area contributed by atoms with Gasteiger partial charge in [0.1, 0.15) is 12.6 Å². The third-order valence-electron chi connectivity index (χ3n) is 3.61. The summed E-state index contributed by atoms with van der Waals surface area (Å²) in [5, 5.41) is 12.8. The number of ether oxygens (including phenoxy) is 1. The number of nitrogens with one attached hydrogen (secondary N) is 2. The zero-order valence-corrected chi connectivity index (χ0v) is 13.2. The Labute approximate surface area is 134 Å². The summed E-state index contributed by atoms with van der Waals surface area (Å²) in [7, 11) is 0. The number of aromatic amines is 1. The highest BCUT2D eigenvalue weighted by Crippen LogP contribution is 2.19. The molecule has 0 aliphatic heterocycles. The van der Waals surface area contributed by atoms with Crippen LogP contribution in [0.25, 0.3) is 10.9 Å². The number of unbranched alkanes of at least 4 members (excludes halogenated alkanes) is 1. The summed E-state index contributed by atoms with van der Waals surface area (Å²) in [4.78, 5) is 26.3. The van der Waals surface area contributed by atoms with Crippen molar-refractivity contribution in [2.75, 3.05) is 13.2 Å². The van der Waals surface area contributed by atoms with E-state index in [0.29, 0.717) is 6.61 Å². The predicted molar refractivity (Wildman–Crippen MR) is 87.3 cm³/mol. The molecule has 6 heteroatoms. The van der Waals surface area contributed by atoms with Crippen molar-refractivity contribution in [3.8, 4) is 0 Å². The van der Waals surface area contributed by atoms with Crippen molar-refractivity contribution in [1.29, 1.82) is 0 Å². The molecule has 1 heterocycles. The number of amides is 1. The maximum absolute atomic E-state index is 11.8. The number of rotatable bonds is 9. The van der Waals surface area contributed by atoms with Gasteiger partial charge in [0.25, 0.3) is 0 Å².